The van der Waals surface area contributed by atoms with Crippen LogP contribution in [0.15, 0.2) is 39.3 Å². The average molecular weight is 471 g/mol. The Morgan fingerprint density at radius 1 is 1.05 bits per heavy atom. The Bertz CT molecular complexity index is 628. The topological polar surface area (TPSA) is 0 Å². The van der Waals surface area contributed by atoms with E-state index in [1.807, 2.05) is 19.1 Å². The van der Waals surface area contributed by atoms with Gasteiger partial charge < -0.3 is 0 Å². The molecule has 100 valence electrons. The van der Waals surface area contributed by atoms with Gasteiger partial charge in [0.25, 0.3) is 0 Å². The van der Waals surface area contributed by atoms with Gasteiger partial charge in [0.15, 0.2) is 0 Å². The number of halogens is 5. The summed E-state index contributed by atoms with van der Waals surface area (Å²) in [7, 11) is 0. The van der Waals surface area contributed by atoms with Crippen LogP contribution in [-0.4, -0.2) is 0 Å². The molecule has 19 heavy (non-hydrogen) atoms. The summed E-state index contributed by atoms with van der Waals surface area (Å²) in [5.74, 6) is -0.321. The Balaban J connectivity index is 2.49. The van der Waals surface area contributed by atoms with Crippen LogP contribution in [0.2, 0.25) is 5.02 Å². The van der Waals surface area contributed by atoms with Gasteiger partial charge in [-0.2, -0.15) is 0 Å². The zero-order chi connectivity index (χ0) is 14.2. The molecule has 2 aromatic carbocycles. The zero-order valence-corrected chi connectivity index (χ0v) is 15.4. The van der Waals surface area contributed by atoms with Crippen LogP contribution >= 0.6 is 59.4 Å². The molecule has 0 saturated heterocycles. The summed E-state index contributed by atoms with van der Waals surface area (Å²) >= 11 is 16.3. The fraction of sp³-hybridized carbons (Fsp3) is 0.143. The smallest absolute Gasteiger partial charge is 0.129 e. The molecule has 0 bridgehead atoms. The van der Waals surface area contributed by atoms with E-state index in [0.717, 1.165) is 20.1 Å². The summed E-state index contributed by atoms with van der Waals surface area (Å²) < 4.78 is 15.9. The molecule has 1 unspecified atom stereocenters. The van der Waals surface area contributed by atoms with Crippen molar-refractivity contribution >= 4 is 59.4 Å². The molecule has 0 nitrogen and oxygen atoms in total. The van der Waals surface area contributed by atoms with Crippen LogP contribution in [0.3, 0.4) is 0 Å². The van der Waals surface area contributed by atoms with Crippen LogP contribution in [0.1, 0.15) is 21.5 Å². The Kier molecular flexibility index (Phi) is 5.09. The number of hydrogen-bond donors (Lipinski definition) is 0. The van der Waals surface area contributed by atoms with Crippen molar-refractivity contribution in [2.24, 2.45) is 0 Å². The highest BCUT2D eigenvalue weighted by atomic mass is 79.9. The van der Waals surface area contributed by atoms with Crippen molar-refractivity contribution in [3.63, 3.8) is 0 Å². The summed E-state index contributed by atoms with van der Waals surface area (Å²) in [6, 6.07) is 8.68. The van der Waals surface area contributed by atoms with Gasteiger partial charge in [0, 0.05) is 19.5 Å². The molecule has 2 rings (SSSR count). The average Bonchev–Trinajstić information content (AvgIpc) is 2.33. The normalized spacial score (nSPS) is 12.5. The molecule has 0 spiro atoms. The van der Waals surface area contributed by atoms with Crippen molar-refractivity contribution in [2.75, 3.05) is 0 Å². The predicted molar refractivity (Wildman–Crippen MR) is 88.8 cm³/mol. The lowest BCUT2D eigenvalue weighted by atomic mass is 10.0. The molecule has 0 N–H and O–H groups in total. The van der Waals surface area contributed by atoms with Gasteiger partial charge in [0.05, 0.1) is 4.83 Å². The van der Waals surface area contributed by atoms with E-state index in [1.54, 1.807) is 12.1 Å². The minimum Gasteiger partial charge on any atom is -0.207 e. The van der Waals surface area contributed by atoms with Crippen LogP contribution < -0.4 is 0 Å². The second-order valence-corrected chi connectivity index (χ2v) is 7.21. The van der Waals surface area contributed by atoms with E-state index in [4.69, 9.17) is 11.6 Å². The molecule has 0 fully saturated rings. The van der Waals surface area contributed by atoms with Crippen molar-refractivity contribution in [1.82, 2.24) is 0 Å². The Labute approximate surface area is 141 Å². The lowest BCUT2D eigenvalue weighted by molar-refractivity contribution is 0.613. The van der Waals surface area contributed by atoms with E-state index in [-0.39, 0.29) is 10.6 Å². The number of aryl methyl sites for hydroxylation is 1. The highest BCUT2D eigenvalue weighted by Gasteiger charge is 2.18. The number of benzene rings is 2. The van der Waals surface area contributed by atoms with Gasteiger partial charge in [0.2, 0.25) is 0 Å². The number of hydrogen-bond acceptors (Lipinski definition) is 0. The molecular formula is C14H9Br3ClF. The first-order valence-corrected chi connectivity index (χ1v) is 8.32. The zero-order valence-electron chi connectivity index (χ0n) is 9.85. The van der Waals surface area contributed by atoms with Crippen molar-refractivity contribution in [3.8, 4) is 0 Å². The molecule has 0 aliphatic heterocycles. The van der Waals surface area contributed by atoms with E-state index >= 15 is 0 Å². The summed E-state index contributed by atoms with van der Waals surface area (Å²) in [6.07, 6.45) is 0. The molecular weight excluding hydrogens is 462 g/mol. The Morgan fingerprint density at radius 2 is 1.74 bits per heavy atom. The molecule has 2 aromatic rings. The first kappa shape index (κ1) is 15.5. The summed E-state index contributed by atoms with van der Waals surface area (Å²) in [5, 5.41) is 0.394. The largest absolute Gasteiger partial charge is 0.207 e. The van der Waals surface area contributed by atoms with E-state index in [1.165, 1.54) is 6.07 Å². The monoisotopic (exact) mass is 468 g/mol. The fourth-order valence-corrected chi connectivity index (χ4v) is 3.99. The molecule has 0 aromatic heterocycles. The lowest BCUT2D eigenvalue weighted by Gasteiger charge is -2.15. The summed E-state index contributed by atoms with van der Waals surface area (Å²) in [4.78, 5) is -0.240. The van der Waals surface area contributed by atoms with Gasteiger partial charge in [0.1, 0.15) is 5.82 Å². The quantitative estimate of drug-likeness (QED) is 0.423. The van der Waals surface area contributed by atoms with Gasteiger partial charge >= 0.3 is 0 Å². The molecule has 5 heteroatoms. The summed E-state index contributed by atoms with van der Waals surface area (Å²) in [6.45, 7) is 2.00. The highest BCUT2D eigenvalue weighted by molar-refractivity contribution is 9.11. The van der Waals surface area contributed by atoms with Crippen LogP contribution in [0.4, 0.5) is 4.39 Å². The minimum atomic E-state index is -0.321. The SMILES string of the molecule is Cc1cc(Br)c(C(Br)c2ccc(Cl)cc2F)cc1Br. The highest BCUT2D eigenvalue weighted by Crippen LogP contribution is 2.39. The fourth-order valence-electron chi connectivity index (χ4n) is 1.73. The molecule has 0 aliphatic rings. The van der Waals surface area contributed by atoms with Crippen molar-refractivity contribution in [3.05, 3.63) is 66.8 Å². The second kappa shape index (κ2) is 6.25. The first-order chi connectivity index (χ1) is 8.90. The molecule has 1 atom stereocenters. The van der Waals surface area contributed by atoms with Gasteiger partial charge in [-0.15, -0.1) is 0 Å². The van der Waals surface area contributed by atoms with Gasteiger partial charge in [-0.3, -0.25) is 0 Å². The maximum atomic E-state index is 14.0. The number of rotatable bonds is 2. The van der Waals surface area contributed by atoms with E-state index in [2.05, 4.69) is 47.8 Å². The molecule has 0 heterocycles. The molecule has 0 saturated carbocycles. The molecule has 0 aliphatic carbocycles. The predicted octanol–water partition coefficient (Wildman–Crippen LogP) is 6.80. The third-order valence-electron chi connectivity index (χ3n) is 2.79. The van der Waals surface area contributed by atoms with Gasteiger partial charge in [-0.25, -0.2) is 4.39 Å². The van der Waals surface area contributed by atoms with Crippen LogP contribution in [-0.2, 0) is 0 Å². The van der Waals surface area contributed by atoms with Crippen LogP contribution in [0.5, 0.6) is 0 Å². The van der Waals surface area contributed by atoms with Gasteiger partial charge in [-0.05, 0) is 42.3 Å². The van der Waals surface area contributed by atoms with Crippen molar-refractivity contribution in [1.29, 1.82) is 0 Å². The Hall–Kier alpha value is 0.1000. The molecule has 0 amide bonds. The van der Waals surface area contributed by atoms with Crippen molar-refractivity contribution in [2.45, 2.75) is 11.8 Å². The van der Waals surface area contributed by atoms with Crippen LogP contribution in [0, 0.1) is 12.7 Å². The summed E-state index contributed by atoms with van der Waals surface area (Å²) in [5.41, 5.74) is 2.63. The maximum absolute atomic E-state index is 14.0. The third-order valence-corrected chi connectivity index (χ3v) is 5.55. The standard InChI is InChI=1S/C14H9Br3ClF/c1-7-4-12(16)10(6-11(7)15)14(17)9-3-2-8(18)5-13(9)19/h2-6,14H,1H3. The minimum absolute atomic E-state index is 0.240. The third kappa shape index (κ3) is 3.41. The maximum Gasteiger partial charge on any atom is 0.129 e. The second-order valence-electron chi connectivity index (χ2n) is 4.15. The van der Waals surface area contributed by atoms with Gasteiger partial charge in [-0.1, -0.05) is 65.5 Å². The lowest BCUT2D eigenvalue weighted by Crippen LogP contribution is -1.98. The van der Waals surface area contributed by atoms with E-state index in [0.29, 0.717) is 10.6 Å². The molecule has 0 radical (unpaired) electrons. The van der Waals surface area contributed by atoms with Crippen LogP contribution in [0.25, 0.3) is 0 Å². The van der Waals surface area contributed by atoms with E-state index < -0.39 is 0 Å². The Morgan fingerprint density at radius 3 is 2.37 bits per heavy atom. The van der Waals surface area contributed by atoms with E-state index in [9.17, 15) is 4.39 Å². The van der Waals surface area contributed by atoms with Crippen molar-refractivity contribution < 1.29 is 4.39 Å². The first-order valence-electron chi connectivity index (χ1n) is 5.44. The number of alkyl halides is 1.